The SMILES string of the molecule is COC(=O)Nc1ccc(Nc2ccc(C)cc2Br)cn1. The number of nitrogens with zero attached hydrogens (tertiary/aromatic N) is 1. The highest BCUT2D eigenvalue weighted by atomic mass is 79.9. The molecule has 2 aromatic rings. The zero-order chi connectivity index (χ0) is 14.5. The van der Waals surface area contributed by atoms with E-state index in [4.69, 9.17) is 0 Å². The van der Waals surface area contributed by atoms with Crippen molar-refractivity contribution in [2.75, 3.05) is 17.7 Å². The Morgan fingerprint density at radius 3 is 2.70 bits per heavy atom. The third-order valence-electron chi connectivity index (χ3n) is 2.58. The summed E-state index contributed by atoms with van der Waals surface area (Å²) in [6.45, 7) is 2.03. The van der Waals surface area contributed by atoms with Gasteiger partial charge in [-0.1, -0.05) is 6.07 Å². The van der Waals surface area contributed by atoms with Crippen molar-refractivity contribution in [3.8, 4) is 0 Å². The van der Waals surface area contributed by atoms with Crippen LogP contribution in [0.25, 0.3) is 0 Å². The highest BCUT2D eigenvalue weighted by molar-refractivity contribution is 9.10. The molecule has 1 amide bonds. The molecule has 0 aliphatic heterocycles. The first-order valence-electron chi connectivity index (χ1n) is 5.92. The molecule has 5 nitrogen and oxygen atoms in total. The van der Waals surface area contributed by atoms with E-state index in [0.717, 1.165) is 15.8 Å². The van der Waals surface area contributed by atoms with E-state index in [1.54, 1.807) is 12.3 Å². The molecule has 6 heteroatoms. The third-order valence-corrected chi connectivity index (χ3v) is 3.24. The summed E-state index contributed by atoms with van der Waals surface area (Å²) in [7, 11) is 1.31. The van der Waals surface area contributed by atoms with Crippen LogP contribution >= 0.6 is 15.9 Å². The number of methoxy groups -OCH3 is 1. The van der Waals surface area contributed by atoms with Crippen LogP contribution in [0.4, 0.5) is 22.0 Å². The van der Waals surface area contributed by atoms with Crippen LogP contribution in [0.2, 0.25) is 0 Å². The first kappa shape index (κ1) is 14.3. The van der Waals surface area contributed by atoms with Crippen LogP contribution < -0.4 is 10.6 Å². The highest BCUT2D eigenvalue weighted by Gasteiger charge is 2.03. The fourth-order valence-electron chi connectivity index (χ4n) is 1.57. The van der Waals surface area contributed by atoms with Crippen molar-refractivity contribution in [3.63, 3.8) is 0 Å². The molecule has 0 saturated heterocycles. The number of benzene rings is 1. The fraction of sp³-hybridized carbons (Fsp3) is 0.143. The molecule has 20 heavy (non-hydrogen) atoms. The van der Waals surface area contributed by atoms with Gasteiger partial charge in [-0.15, -0.1) is 0 Å². The maximum atomic E-state index is 11.0. The van der Waals surface area contributed by atoms with E-state index in [1.807, 2.05) is 31.2 Å². The van der Waals surface area contributed by atoms with Crippen LogP contribution in [-0.4, -0.2) is 18.2 Å². The average Bonchev–Trinajstić information content (AvgIpc) is 2.44. The number of pyridine rings is 1. The van der Waals surface area contributed by atoms with Gasteiger partial charge in [0.25, 0.3) is 0 Å². The van der Waals surface area contributed by atoms with Crippen LogP contribution in [-0.2, 0) is 4.74 Å². The zero-order valence-corrected chi connectivity index (χ0v) is 12.7. The monoisotopic (exact) mass is 335 g/mol. The van der Waals surface area contributed by atoms with Crippen LogP contribution in [0, 0.1) is 6.92 Å². The normalized spacial score (nSPS) is 9.95. The van der Waals surface area contributed by atoms with E-state index in [1.165, 1.54) is 12.7 Å². The van der Waals surface area contributed by atoms with Gasteiger partial charge in [0.1, 0.15) is 5.82 Å². The van der Waals surface area contributed by atoms with Gasteiger partial charge in [-0.05, 0) is 52.7 Å². The predicted octanol–water partition coefficient (Wildman–Crippen LogP) is 4.07. The second-order valence-corrected chi connectivity index (χ2v) is 5.01. The second-order valence-electron chi connectivity index (χ2n) is 4.16. The number of nitrogens with one attached hydrogen (secondary N) is 2. The number of halogens is 1. The molecule has 2 rings (SSSR count). The molecule has 2 N–H and O–H groups in total. The van der Waals surface area contributed by atoms with Crippen molar-refractivity contribution < 1.29 is 9.53 Å². The lowest BCUT2D eigenvalue weighted by atomic mass is 10.2. The molecular weight excluding hydrogens is 322 g/mol. The van der Waals surface area contributed by atoms with Gasteiger partial charge in [0.15, 0.2) is 0 Å². The lowest BCUT2D eigenvalue weighted by Crippen LogP contribution is -2.11. The van der Waals surface area contributed by atoms with Gasteiger partial charge in [0.05, 0.1) is 24.7 Å². The van der Waals surface area contributed by atoms with Crippen LogP contribution in [0.3, 0.4) is 0 Å². The molecule has 0 spiro atoms. The third kappa shape index (κ3) is 3.71. The standard InChI is InChI=1S/C14H14BrN3O2/c1-9-3-5-12(11(15)7-9)17-10-4-6-13(16-8-10)18-14(19)20-2/h3-8,17H,1-2H3,(H,16,18,19). The second kappa shape index (κ2) is 6.38. The number of aromatic nitrogens is 1. The molecule has 0 atom stereocenters. The maximum Gasteiger partial charge on any atom is 0.412 e. The Bertz CT molecular complexity index is 614. The summed E-state index contributed by atoms with van der Waals surface area (Å²) in [6, 6.07) is 9.56. The van der Waals surface area contributed by atoms with Crippen molar-refractivity contribution in [2.45, 2.75) is 6.92 Å². The fourth-order valence-corrected chi connectivity index (χ4v) is 2.17. The van der Waals surface area contributed by atoms with Crippen molar-refractivity contribution in [1.82, 2.24) is 4.98 Å². The topological polar surface area (TPSA) is 63.2 Å². The number of amides is 1. The molecule has 0 aliphatic carbocycles. The number of hydrogen-bond donors (Lipinski definition) is 2. The molecule has 0 radical (unpaired) electrons. The van der Waals surface area contributed by atoms with Gasteiger partial charge in [-0.3, -0.25) is 5.32 Å². The predicted molar refractivity (Wildman–Crippen MR) is 82.4 cm³/mol. The molecule has 0 saturated carbocycles. The Labute approximate surface area is 125 Å². The molecule has 1 heterocycles. The lowest BCUT2D eigenvalue weighted by molar-refractivity contribution is 0.187. The van der Waals surface area contributed by atoms with Gasteiger partial charge in [0.2, 0.25) is 0 Å². The molecule has 104 valence electrons. The maximum absolute atomic E-state index is 11.0. The zero-order valence-electron chi connectivity index (χ0n) is 11.1. The number of anilines is 3. The minimum absolute atomic E-state index is 0.436. The van der Waals surface area contributed by atoms with E-state index in [-0.39, 0.29) is 0 Å². The summed E-state index contributed by atoms with van der Waals surface area (Å²) in [5, 5.41) is 5.73. The van der Waals surface area contributed by atoms with Gasteiger partial charge < -0.3 is 10.1 Å². The highest BCUT2D eigenvalue weighted by Crippen LogP contribution is 2.26. The van der Waals surface area contributed by atoms with E-state index >= 15 is 0 Å². The molecule has 0 bridgehead atoms. The van der Waals surface area contributed by atoms with Crippen LogP contribution in [0.15, 0.2) is 41.0 Å². The van der Waals surface area contributed by atoms with Crippen molar-refractivity contribution in [1.29, 1.82) is 0 Å². The minimum Gasteiger partial charge on any atom is -0.453 e. The van der Waals surface area contributed by atoms with E-state index in [0.29, 0.717) is 5.82 Å². The molecule has 0 unspecified atom stereocenters. The minimum atomic E-state index is -0.542. The van der Waals surface area contributed by atoms with Crippen molar-refractivity contribution in [2.24, 2.45) is 0 Å². The summed E-state index contributed by atoms with van der Waals surface area (Å²) in [5.41, 5.74) is 2.95. The first-order valence-corrected chi connectivity index (χ1v) is 6.72. The van der Waals surface area contributed by atoms with Crippen molar-refractivity contribution in [3.05, 3.63) is 46.6 Å². The number of carbonyl (C=O) groups is 1. The van der Waals surface area contributed by atoms with Crippen molar-refractivity contribution >= 4 is 39.2 Å². The van der Waals surface area contributed by atoms with Gasteiger partial charge in [-0.2, -0.15) is 0 Å². The number of ether oxygens (including phenoxy) is 1. The summed E-state index contributed by atoms with van der Waals surface area (Å²) >= 11 is 3.50. The molecular formula is C14H14BrN3O2. The summed E-state index contributed by atoms with van der Waals surface area (Å²) in [4.78, 5) is 15.2. The number of rotatable bonds is 3. The summed E-state index contributed by atoms with van der Waals surface area (Å²) in [5.74, 6) is 0.436. The first-order chi connectivity index (χ1) is 9.58. The van der Waals surface area contributed by atoms with Gasteiger partial charge in [0, 0.05) is 4.47 Å². The molecule has 1 aromatic heterocycles. The Hall–Kier alpha value is -2.08. The Morgan fingerprint density at radius 2 is 2.10 bits per heavy atom. The van der Waals surface area contributed by atoms with Gasteiger partial charge in [-0.25, -0.2) is 9.78 Å². The van der Waals surface area contributed by atoms with Crippen LogP contribution in [0.1, 0.15) is 5.56 Å². The van der Waals surface area contributed by atoms with Crippen LogP contribution in [0.5, 0.6) is 0 Å². The number of hydrogen-bond acceptors (Lipinski definition) is 4. The number of carbonyl (C=O) groups excluding carboxylic acids is 1. The molecule has 0 fully saturated rings. The Kier molecular flexibility index (Phi) is 4.57. The average molecular weight is 336 g/mol. The largest absolute Gasteiger partial charge is 0.453 e. The van der Waals surface area contributed by atoms with E-state index in [2.05, 4.69) is 36.3 Å². The number of aryl methyl sites for hydroxylation is 1. The molecule has 1 aromatic carbocycles. The smallest absolute Gasteiger partial charge is 0.412 e. The van der Waals surface area contributed by atoms with Gasteiger partial charge >= 0.3 is 6.09 Å². The Morgan fingerprint density at radius 1 is 1.30 bits per heavy atom. The lowest BCUT2D eigenvalue weighted by Gasteiger charge is -2.09. The Balaban J connectivity index is 2.08. The summed E-state index contributed by atoms with van der Waals surface area (Å²) < 4.78 is 5.48. The quantitative estimate of drug-likeness (QED) is 0.887. The summed E-state index contributed by atoms with van der Waals surface area (Å²) in [6.07, 6.45) is 1.09. The van der Waals surface area contributed by atoms with E-state index < -0.39 is 6.09 Å². The van der Waals surface area contributed by atoms with E-state index in [9.17, 15) is 4.79 Å². The molecule has 0 aliphatic rings.